The van der Waals surface area contributed by atoms with Gasteiger partial charge >= 0.3 is 0 Å². The first kappa shape index (κ1) is 21.6. The molecule has 0 saturated carbocycles. The van der Waals surface area contributed by atoms with Gasteiger partial charge in [0.05, 0.1) is 23.1 Å². The number of ketones is 1. The number of thiophene rings is 1. The van der Waals surface area contributed by atoms with Crippen molar-refractivity contribution < 1.29 is 24.5 Å². The maximum absolute atomic E-state index is 13.2. The molecule has 0 bridgehead atoms. The summed E-state index contributed by atoms with van der Waals surface area (Å²) in [6.07, 6.45) is 0. The lowest BCUT2D eigenvalue weighted by Crippen LogP contribution is -2.31. The summed E-state index contributed by atoms with van der Waals surface area (Å²) < 4.78 is 5.72. The molecule has 1 unspecified atom stereocenters. The van der Waals surface area contributed by atoms with Gasteiger partial charge in [-0.2, -0.15) is 0 Å². The molecule has 0 radical (unpaired) electrons. The Labute approximate surface area is 190 Å². The molecule has 0 fully saturated rings. The van der Waals surface area contributed by atoms with E-state index in [1.165, 1.54) is 28.4 Å². The number of benzene rings is 2. The minimum atomic E-state index is -0.883. The third kappa shape index (κ3) is 4.11. The first-order valence-electron chi connectivity index (χ1n) is 10.2. The topological polar surface area (TPSA) is 87.1 Å². The number of aliphatic hydroxyl groups excluding tert-OH is 1. The van der Waals surface area contributed by atoms with Gasteiger partial charge in [0.25, 0.3) is 5.91 Å². The van der Waals surface area contributed by atoms with Crippen LogP contribution in [0.25, 0.3) is 0 Å². The highest BCUT2D eigenvalue weighted by Crippen LogP contribution is 2.43. The lowest BCUT2D eigenvalue weighted by molar-refractivity contribution is -0.117. The number of hydrogen-bond donors (Lipinski definition) is 2. The van der Waals surface area contributed by atoms with Gasteiger partial charge in [-0.3, -0.25) is 14.5 Å². The number of aromatic hydroxyl groups is 1. The fourth-order valence-electron chi connectivity index (χ4n) is 3.62. The van der Waals surface area contributed by atoms with E-state index in [4.69, 9.17) is 4.74 Å². The summed E-state index contributed by atoms with van der Waals surface area (Å²) in [5.41, 5.74) is 1.01. The van der Waals surface area contributed by atoms with Crippen molar-refractivity contribution in [2.45, 2.75) is 19.9 Å². The molecule has 164 valence electrons. The van der Waals surface area contributed by atoms with Gasteiger partial charge in [0.1, 0.15) is 11.5 Å². The van der Waals surface area contributed by atoms with Gasteiger partial charge in [0.15, 0.2) is 5.76 Å². The lowest BCUT2D eigenvalue weighted by Gasteiger charge is -2.27. The quantitative estimate of drug-likeness (QED) is 0.480. The van der Waals surface area contributed by atoms with Crippen molar-refractivity contribution >= 4 is 28.7 Å². The van der Waals surface area contributed by atoms with Crippen molar-refractivity contribution in [1.82, 2.24) is 0 Å². The van der Waals surface area contributed by atoms with Crippen LogP contribution >= 0.6 is 11.3 Å². The fraction of sp³-hybridized carbons (Fsp3) is 0.200. The molecule has 0 spiro atoms. The van der Waals surface area contributed by atoms with E-state index in [9.17, 15) is 19.8 Å². The summed E-state index contributed by atoms with van der Waals surface area (Å²) in [5.74, 6) is -0.641. The second-order valence-electron chi connectivity index (χ2n) is 7.94. The molecule has 6 nitrogen and oxygen atoms in total. The van der Waals surface area contributed by atoms with Crippen LogP contribution in [0.2, 0.25) is 0 Å². The van der Waals surface area contributed by atoms with Crippen molar-refractivity contribution in [2.75, 3.05) is 11.5 Å². The number of hydrogen-bond acceptors (Lipinski definition) is 6. The molecular weight excluding hydrogens is 426 g/mol. The summed E-state index contributed by atoms with van der Waals surface area (Å²) in [4.78, 5) is 28.2. The van der Waals surface area contributed by atoms with Crippen LogP contribution in [0.15, 0.2) is 77.4 Å². The molecule has 1 aromatic heterocycles. The van der Waals surface area contributed by atoms with Crippen molar-refractivity contribution in [3.05, 3.63) is 87.8 Å². The van der Waals surface area contributed by atoms with Crippen LogP contribution in [0.4, 0.5) is 5.69 Å². The minimum absolute atomic E-state index is 0.00152. The zero-order valence-corrected chi connectivity index (χ0v) is 18.5. The maximum atomic E-state index is 13.2. The van der Waals surface area contributed by atoms with Crippen LogP contribution < -0.4 is 9.64 Å². The molecule has 0 aliphatic carbocycles. The number of Topliss-reactive ketones (excluding diaryl/α,β-unsaturated/α-hetero) is 1. The zero-order valence-electron chi connectivity index (χ0n) is 17.7. The molecule has 3 aromatic rings. The Hall–Kier alpha value is -3.58. The zero-order chi connectivity index (χ0) is 22.8. The van der Waals surface area contributed by atoms with Crippen molar-refractivity contribution in [3.8, 4) is 11.5 Å². The number of phenolic OH excluding ortho intramolecular Hbond substituents is 1. The highest BCUT2D eigenvalue weighted by atomic mass is 32.1. The van der Waals surface area contributed by atoms with Gasteiger partial charge < -0.3 is 14.9 Å². The average molecular weight is 450 g/mol. The van der Waals surface area contributed by atoms with Gasteiger partial charge in [-0.15, -0.1) is 11.3 Å². The van der Waals surface area contributed by atoms with E-state index < -0.39 is 23.5 Å². The second kappa shape index (κ2) is 8.88. The van der Waals surface area contributed by atoms with E-state index in [-0.39, 0.29) is 11.3 Å². The van der Waals surface area contributed by atoms with Crippen LogP contribution in [0.3, 0.4) is 0 Å². The third-order valence-corrected chi connectivity index (χ3v) is 5.95. The molecule has 1 aliphatic rings. The Morgan fingerprint density at radius 3 is 2.47 bits per heavy atom. The van der Waals surface area contributed by atoms with E-state index in [1.54, 1.807) is 53.9 Å². The van der Waals surface area contributed by atoms with Gasteiger partial charge in [-0.25, -0.2) is 0 Å². The summed E-state index contributed by atoms with van der Waals surface area (Å²) in [5, 5.41) is 22.5. The van der Waals surface area contributed by atoms with Crippen molar-refractivity contribution in [1.29, 1.82) is 0 Å². The number of carbonyl (C=O) groups excluding carboxylic acids is 2. The first-order chi connectivity index (χ1) is 15.4. The van der Waals surface area contributed by atoms with E-state index in [2.05, 4.69) is 13.8 Å². The van der Waals surface area contributed by atoms with E-state index in [0.717, 1.165) is 0 Å². The monoisotopic (exact) mass is 449 g/mol. The smallest absolute Gasteiger partial charge is 0.294 e. The molecule has 1 amide bonds. The Kier molecular flexibility index (Phi) is 6.01. The number of aliphatic hydroxyl groups is 1. The van der Waals surface area contributed by atoms with Gasteiger partial charge in [0.2, 0.25) is 5.78 Å². The number of amides is 1. The molecule has 32 heavy (non-hydrogen) atoms. The number of nitrogens with zero attached hydrogens (tertiary/aromatic N) is 1. The number of rotatable bonds is 7. The predicted octanol–water partition coefficient (Wildman–Crippen LogP) is 5.27. The van der Waals surface area contributed by atoms with Gasteiger partial charge in [-0.1, -0.05) is 32.0 Å². The molecular formula is C25H23NO5S. The number of phenols is 1. The van der Waals surface area contributed by atoms with Gasteiger partial charge in [0, 0.05) is 5.69 Å². The standard InChI is InChI=1S/C25H23NO5S/c1-15(2)14-31-19-10-8-17(9-11-19)26-22(16-5-3-6-18(27)13-16)21(24(29)25(26)30)23(28)20-7-4-12-32-20/h3-13,15,22,27,29H,14H2,1-2H3. The third-order valence-electron chi connectivity index (χ3n) is 5.08. The predicted molar refractivity (Wildman–Crippen MR) is 123 cm³/mol. The van der Waals surface area contributed by atoms with Crippen LogP contribution in [-0.4, -0.2) is 28.5 Å². The summed E-state index contributed by atoms with van der Waals surface area (Å²) >= 11 is 1.24. The summed E-state index contributed by atoms with van der Waals surface area (Å²) in [6.45, 7) is 4.67. The summed E-state index contributed by atoms with van der Waals surface area (Å²) in [7, 11) is 0. The first-order valence-corrected chi connectivity index (χ1v) is 11.1. The molecule has 7 heteroatoms. The van der Waals surface area contributed by atoms with Crippen LogP contribution in [0, 0.1) is 5.92 Å². The second-order valence-corrected chi connectivity index (χ2v) is 8.89. The number of anilines is 1. The van der Waals surface area contributed by atoms with Gasteiger partial charge in [-0.05, 0) is 59.3 Å². The molecule has 2 N–H and O–H groups in total. The molecule has 4 rings (SSSR count). The molecule has 0 saturated heterocycles. The summed E-state index contributed by atoms with van der Waals surface area (Å²) in [6, 6.07) is 15.8. The van der Waals surface area contributed by atoms with Crippen LogP contribution in [-0.2, 0) is 4.79 Å². The Balaban J connectivity index is 1.76. The molecule has 1 atom stereocenters. The largest absolute Gasteiger partial charge is 0.508 e. The van der Waals surface area contributed by atoms with Crippen LogP contribution in [0.1, 0.15) is 35.1 Å². The molecule has 2 aromatic carbocycles. The Bertz CT molecular complexity index is 1170. The number of ether oxygens (including phenoxy) is 1. The Morgan fingerprint density at radius 2 is 1.84 bits per heavy atom. The highest BCUT2D eigenvalue weighted by molar-refractivity contribution is 7.12. The lowest BCUT2D eigenvalue weighted by atomic mass is 9.95. The maximum Gasteiger partial charge on any atom is 0.294 e. The Morgan fingerprint density at radius 1 is 1.09 bits per heavy atom. The van der Waals surface area contributed by atoms with Crippen molar-refractivity contribution in [2.24, 2.45) is 5.92 Å². The molecule has 2 heterocycles. The SMILES string of the molecule is CC(C)COc1ccc(N2C(=O)C(O)=C(C(=O)c3cccs3)C2c2cccc(O)c2)cc1. The fourth-order valence-corrected chi connectivity index (χ4v) is 4.30. The van der Waals surface area contributed by atoms with Crippen molar-refractivity contribution in [3.63, 3.8) is 0 Å². The van der Waals surface area contributed by atoms with E-state index in [0.29, 0.717) is 34.4 Å². The van der Waals surface area contributed by atoms with Crippen LogP contribution in [0.5, 0.6) is 11.5 Å². The minimum Gasteiger partial charge on any atom is -0.508 e. The average Bonchev–Trinajstić information content (AvgIpc) is 3.40. The molecule has 1 aliphatic heterocycles. The normalized spacial score (nSPS) is 16.2. The van der Waals surface area contributed by atoms with E-state index in [1.807, 2.05) is 0 Å². The van der Waals surface area contributed by atoms with E-state index >= 15 is 0 Å². The number of carbonyl (C=O) groups is 2. The highest BCUT2D eigenvalue weighted by Gasteiger charge is 2.44.